The summed E-state index contributed by atoms with van der Waals surface area (Å²) >= 11 is 3.62. The molecule has 0 spiro atoms. The summed E-state index contributed by atoms with van der Waals surface area (Å²) in [4.78, 5) is 0. The average Bonchev–Trinajstić information content (AvgIpc) is 2.89. The van der Waals surface area contributed by atoms with Crippen LogP contribution in [0.4, 0.5) is 0 Å². The minimum Gasteiger partial charge on any atom is -0.308 e. The van der Waals surface area contributed by atoms with Gasteiger partial charge in [0.2, 0.25) is 0 Å². The maximum absolute atomic E-state index is 4.42. The van der Waals surface area contributed by atoms with Crippen LogP contribution in [0.1, 0.15) is 24.2 Å². The number of halogens is 1. The molecule has 1 unspecified atom stereocenters. The van der Waals surface area contributed by atoms with Crippen molar-refractivity contribution in [3.8, 4) is 0 Å². The smallest absolute Gasteiger partial charge is 0.0757 e. The van der Waals surface area contributed by atoms with Crippen molar-refractivity contribution in [3.05, 3.63) is 64.4 Å². The SMILES string of the molecule is CCn1ncc(Br)c1C(NC)c1ccc2ccccc2c1. The normalized spacial score (nSPS) is 12.7. The number of rotatable bonds is 4. The zero-order valence-corrected chi connectivity index (χ0v) is 13.8. The largest absolute Gasteiger partial charge is 0.308 e. The molecule has 0 radical (unpaired) electrons. The Morgan fingerprint density at radius 2 is 1.95 bits per heavy atom. The monoisotopic (exact) mass is 343 g/mol. The molecule has 1 atom stereocenters. The van der Waals surface area contributed by atoms with Gasteiger partial charge in [-0.1, -0.05) is 36.4 Å². The fraction of sp³-hybridized carbons (Fsp3) is 0.235. The second-order valence-electron chi connectivity index (χ2n) is 5.02. The predicted octanol–water partition coefficient (Wildman–Crippen LogP) is 4.13. The van der Waals surface area contributed by atoms with Gasteiger partial charge in [-0.2, -0.15) is 5.10 Å². The summed E-state index contributed by atoms with van der Waals surface area (Å²) in [6.45, 7) is 2.96. The number of aryl methyl sites for hydroxylation is 1. The van der Waals surface area contributed by atoms with E-state index in [1.807, 2.05) is 17.9 Å². The Labute approximate surface area is 133 Å². The van der Waals surface area contributed by atoms with Gasteiger partial charge in [0, 0.05) is 6.54 Å². The third-order valence-corrected chi connectivity index (χ3v) is 4.41. The first-order valence-corrected chi connectivity index (χ1v) is 7.91. The number of hydrogen-bond donors (Lipinski definition) is 1. The van der Waals surface area contributed by atoms with Crippen LogP contribution in [-0.4, -0.2) is 16.8 Å². The van der Waals surface area contributed by atoms with Crippen molar-refractivity contribution in [1.82, 2.24) is 15.1 Å². The third-order valence-electron chi connectivity index (χ3n) is 3.80. The molecule has 3 rings (SSSR count). The van der Waals surface area contributed by atoms with E-state index in [1.54, 1.807) is 0 Å². The summed E-state index contributed by atoms with van der Waals surface area (Å²) < 4.78 is 3.07. The van der Waals surface area contributed by atoms with E-state index in [0.717, 1.165) is 16.7 Å². The maximum Gasteiger partial charge on any atom is 0.0757 e. The lowest BCUT2D eigenvalue weighted by Gasteiger charge is -2.19. The van der Waals surface area contributed by atoms with Crippen LogP contribution < -0.4 is 5.32 Å². The van der Waals surface area contributed by atoms with Gasteiger partial charge in [-0.25, -0.2) is 0 Å². The second kappa shape index (κ2) is 6.00. The van der Waals surface area contributed by atoms with Gasteiger partial charge in [-0.05, 0) is 52.3 Å². The fourth-order valence-electron chi connectivity index (χ4n) is 2.76. The summed E-state index contributed by atoms with van der Waals surface area (Å²) in [6, 6.07) is 15.2. The molecule has 108 valence electrons. The Morgan fingerprint density at radius 1 is 1.19 bits per heavy atom. The van der Waals surface area contributed by atoms with Crippen molar-refractivity contribution >= 4 is 26.7 Å². The van der Waals surface area contributed by atoms with Crippen molar-refractivity contribution in [2.45, 2.75) is 19.5 Å². The van der Waals surface area contributed by atoms with Gasteiger partial charge in [-0.15, -0.1) is 0 Å². The van der Waals surface area contributed by atoms with E-state index in [0.29, 0.717) is 0 Å². The molecular weight excluding hydrogens is 326 g/mol. The highest BCUT2D eigenvalue weighted by molar-refractivity contribution is 9.10. The molecule has 0 fully saturated rings. The molecule has 0 amide bonds. The number of hydrogen-bond acceptors (Lipinski definition) is 2. The maximum atomic E-state index is 4.42. The molecule has 0 aliphatic rings. The molecular formula is C17H18BrN3. The molecule has 0 aliphatic carbocycles. The van der Waals surface area contributed by atoms with E-state index in [1.165, 1.54) is 16.3 Å². The second-order valence-corrected chi connectivity index (χ2v) is 5.88. The van der Waals surface area contributed by atoms with Crippen LogP contribution in [0.2, 0.25) is 0 Å². The highest BCUT2D eigenvalue weighted by Crippen LogP contribution is 2.30. The summed E-state index contributed by atoms with van der Waals surface area (Å²) in [6.07, 6.45) is 1.87. The Morgan fingerprint density at radius 3 is 2.67 bits per heavy atom. The van der Waals surface area contributed by atoms with Crippen LogP contribution in [-0.2, 0) is 6.54 Å². The molecule has 4 heteroatoms. The van der Waals surface area contributed by atoms with E-state index >= 15 is 0 Å². The number of nitrogens with zero attached hydrogens (tertiary/aromatic N) is 2. The quantitative estimate of drug-likeness (QED) is 0.771. The molecule has 0 saturated heterocycles. The van der Waals surface area contributed by atoms with Gasteiger partial charge in [0.25, 0.3) is 0 Å². The zero-order chi connectivity index (χ0) is 14.8. The lowest BCUT2D eigenvalue weighted by atomic mass is 10.00. The molecule has 3 aromatic rings. The first-order chi connectivity index (χ1) is 10.2. The highest BCUT2D eigenvalue weighted by Gasteiger charge is 2.20. The van der Waals surface area contributed by atoms with E-state index in [4.69, 9.17) is 0 Å². The molecule has 2 aromatic carbocycles. The van der Waals surface area contributed by atoms with E-state index in [2.05, 4.69) is 75.7 Å². The fourth-order valence-corrected chi connectivity index (χ4v) is 3.28. The van der Waals surface area contributed by atoms with E-state index in [9.17, 15) is 0 Å². The van der Waals surface area contributed by atoms with Crippen LogP contribution in [0.25, 0.3) is 10.8 Å². The topological polar surface area (TPSA) is 29.9 Å². The standard InChI is InChI=1S/C17H18BrN3/c1-3-21-17(15(18)11-20-21)16(19-2)14-9-8-12-6-4-5-7-13(12)10-14/h4-11,16,19H,3H2,1-2H3. The number of benzene rings is 2. The van der Waals surface area contributed by atoms with Gasteiger partial charge in [-0.3, -0.25) is 4.68 Å². The summed E-state index contributed by atoms with van der Waals surface area (Å²) in [7, 11) is 1.99. The van der Waals surface area contributed by atoms with Gasteiger partial charge in [0.15, 0.2) is 0 Å². The highest BCUT2D eigenvalue weighted by atomic mass is 79.9. The Balaban J connectivity index is 2.11. The number of fused-ring (bicyclic) bond motifs is 1. The van der Waals surface area contributed by atoms with E-state index < -0.39 is 0 Å². The summed E-state index contributed by atoms with van der Waals surface area (Å²) in [5, 5.41) is 10.4. The molecule has 21 heavy (non-hydrogen) atoms. The van der Waals surface area contributed by atoms with Crippen molar-refractivity contribution in [2.75, 3.05) is 7.05 Å². The molecule has 0 aliphatic heterocycles. The van der Waals surface area contributed by atoms with Crippen LogP contribution in [0, 0.1) is 0 Å². The van der Waals surface area contributed by atoms with Crippen LogP contribution >= 0.6 is 15.9 Å². The van der Waals surface area contributed by atoms with Crippen LogP contribution in [0.3, 0.4) is 0 Å². The van der Waals surface area contributed by atoms with Crippen molar-refractivity contribution in [1.29, 1.82) is 0 Å². The molecule has 0 bridgehead atoms. The van der Waals surface area contributed by atoms with E-state index in [-0.39, 0.29) is 6.04 Å². The number of aromatic nitrogens is 2. The molecule has 1 heterocycles. The Hall–Kier alpha value is -1.65. The first-order valence-electron chi connectivity index (χ1n) is 7.11. The van der Waals surface area contributed by atoms with Gasteiger partial charge in [0.05, 0.1) is 22.4 Å². The minimum atomic E-state index is 0.117. The Bertz CT molecular complexity index is 764. The van der Waals surface area contributed by atoms with Gasteiger partial charge in [0.1, 0.15) is 0 Å². The zero-order valence-electron chi connectivity index (χ0n) is 12.2. The molecule has 3 nitrogen and oxygen atoms in total. The summed E-state index contributed by atoms with van der Waals surface area (Å²) in [5.41, 5.74) is 2.40. The van der Waals surface area contributed by atoms with Crippen molar-refractivity contribution in [3.63, 3.8) is 0 Å². The van der Waals surface area contributed by atoms with Crippen molar-refractivity contribution in [2.24, 2.45) is 0 Å². The molecule has 0 saturated carbocycles. The predicted molar refractivity (Wildman–Crippen MR) is 90.5 cm³/mol. The Kier molecular flexibility index (Phi) is 4.08. The first kappa shape index (κ1) is 14.3. The van der Waals surface area contributed by atoms with Crippen LogP contribution in [0.15, 0.2) is 53.1 Å². The van der Waals surface area contributed by atoms with Gasteiger partial charge >= 0.3 is 0 Å². The van der Waals surface area contributed by atoms with Crippen molar-refractivity contribution < 1.29 is 0 Å². The van der Waals surface area contributed by atoms with Gasteiger partial charge < -0.3 is 5.32 Å². The number of nitrogens with one attached hydrogen (secondary N) is 1. The lowest BCUT2D eigenvalue weighted by Crippen LogP contribution is -2.21. The minimum absolute atomic E-state index is 0.117. The van der Waals surface area contributed by atoms with Crippen LogP contribution in [0.5, 0.6) is 0 Å². The molecule has 1 N–H and O–H groups in total. The average molecular weight is 344 g/mol. The lowest BCUT2D eigenvalue weighted by molar-refractivity contribution is 0.562. The summed E-state index contributed by atoms with van der Waals surface area (Å²) in [5.74, 6) is 0. The third kappa shape index (κ3) is 2.61. The molecule has 1 aromatic heterocycles.